The third kappa shape index (κ3) is 3.68. The van der Waals surface area contributed by atoms with Crippen LogP contribution in [-0.4, -0.2) is 28.4 Å². The summed E-state index contributed by atoms with van der Waals surface area (Å²) in [6.07, 6.45) is 0. The SMILES string of the molecule is COc1ccc(S(=O)(=O)Nc2cc(C(C)=O)ccc2C)c(OC)c1. The van der Waals surface area contributed by atoms with E-state index >= 15 is 0 Å². The lowest BCUT2D eigenvalue weighted by Crippen LogP contribution is -2.15. The maximum Gasteiger partial charge on any atom is 0.265 e. The average molecular weight is 349 g/mol. The van der Waals surface area contributed by atoms with Crippen LogP contribution in [0.15, 0.2) is 41.3 Å². The van der Waals surface area contributed by atoms with Gasteiger partial charge in [-0.05, 0) is 37.6 Å². The molecule has 0 atom stereocenters. The van der Waals surface area contributed by atoms with Gasteiger partial charge in [0.05, 0.1) is 19.9 Å². The lowest BCUT2D eigenvalue weighted by atomic mass is 10.1. The Balaban J connectivity index is 2.46. The minimum absolute atomic E-state index is 0.0153. The monoisotopic (exact) mass is 349 g/mol. The number of rotatable bonds is 6. The zero-order valence-corrected chi connectivity index (χ0v) is 14.7. The van der Waals surface area contributed by atoms with E-state index in [1.54, 1.807) is 19.1 Å². The van der Waals surface area contributed by atoms with Gasteiger partial charge in [0.15, 0.2) is 5.78 Å². The van der Waals surface area contributed by atoms with Gasteiger partial charge >= 0.3 is 0 Å². The Morgan fingerprint density at radius 3 is 2.33 bits per heavy atom. The van der Waals surface area contributed by atoms with E-state index in [1.807, 2.05) is 0 Å². The van der Waals surface area contributed by atoms with E-state index in [0.717, 1.165) is 0 Å². The zero-order chi connectivity index (χ0) is 17.9. The Labute approximate surface area is 141 Å². The van der Waals surface area contributed by atoms with Crippen LogP contribution in [-0.2, 0) is 10.0 Å². The Bertz CT molecular complexity index is 875. The number of carbonyl (C=O) groups excluding carboxylic acids is 1. The summed E-state index contributed by atoms with van der Waals surface area (Å²) in [6.45, 7) is 3.18. The molecule has 6 nitrogen and oxygen atoms in total. The van der Waals surface area contributed by atoms with Crippen molar-refractivity contribution >= 4 is 21.5 Å². The van der Waals surface area contributed by atoms with Crippen molar-refractivity contribution in [2.24, 2.45) is 0 Å². The fourth-order valence-corrected chi connectivity index (χ4v) is 3.42. The number of ketones is 1. The molecular formula is C17H19NO5S. The van der Waals surface area contributed by atoms with Crippen molar-refractivity contribution in [1.29, 1.82) is 0 Å². The van der Waals surface area contributed by atoms with Gasteiger partial charge in [-0.25, -0.2) is 8.42 Å². The lowest BCUT2D eigenvalue weighted by molar-refractivity contribution is 0.101. The van der Waals surface area contributed by atoms with E-state index in [9.17, 15) is 13.2 Å². The second kappa shape index (κ2) is 6.92. The number of nitrogens with one attached hydrogen (secondary N) is 1. The second-order valence-electron chi connectivity index (χ2n) is 5.21. The fraction of sp³-hybridized carbons (Fsp3) is 0.235. The molecule has 0 radical (unpaired) electrons. The number of aryl methyl sites for hydroxylation is 1. The molecular weight excluding hydrogens is 330 g/mol. The molecule has 0 aromatic heterocycles. The number of anilines is 1. The Morgan fingerprint density at radius 2 is 1.75 bits per heavy atom. The first-order valence-electron chi connectivity index (χ1n) is 7.15. The average Bonchev–Trinajstić information content (AvgIpc) is 2.55. The fourth-order valence-electron chi connectivity index (χ4n) is 2.15. The summed E-state index contributed by atoms with van der Waals surface area (Å²) in [5.41, 5.74) is 1.48. The Hall–Kier alpha value is -2.54. The van der Waals surface area contributed by atoms with Crippen LogP contribution in [0.5, 0.6) is 11.5 Å². The van der Waals surface area contributed by atoms with Crippen molar-refractivity contribution in [3.63, 3.8) is 0 Å². The van der Waals surface area contributed by atoms with Crippen LogP contribution < -0.4 is 14.2 Å². The van der Waals surface area contributed by atoms with E-state index in [0.29, 0.717) is 22.6 Å². The highest BCUT2D eigenvalue weighted by molar-refractivity contribution is 7.92. The topological polar surface area (TPSA) is 81.7 Å². The van der Waals surface area contributed by atoms with Crippen molar-refractivity contribution in [3.8, 4) is 11.5 Å². The summed E-state index contributed by atoms with van der Waals surface area (Å²) in [5, 5.41) is 0. The van der Waals surface area contributed by atoms with Gasteiger partial charge in [0.1, 0.15) is 16.4 Å². The number of ether oxygens (including phenoxy) is 2. The molecule has 24 heavy (non-hydrogen) atoms. The first-order valence-corrected chi connectivity index (χ1v) is 8.63. The summed E-state index contributed by atoms with van der Waals surface area (Å²) in [4.78, 5) is 11.5. The highest BCUT2D eigenvalue weighted by Gasteiger charge is 2.21. The van der Waals surface area contributed by atoms with Crippen molar-refractivity contribution in [2.45, 2.75) is 18.7 Å². The smallest absolute Gasteiger partial charge is 0.265 e. The number of hydrogen-bond donors (Lipinski definition) is 1. The third-order valence-electron chi connectivity index (χ3n) is 3.55. The van der Waals surface area contributed by atoms with Gasteiger partial charge in [0, 0.05) is 11.6 Å². The summed E-state index contributed by atoms with van der Waals surface area (Å²) in [6, 6.07) is 9.31. The lowest BCUT2D eigenvalue weighted by Gasteiger charge is -2.14. The molecule has 7 heteroatoms. The minimum Gasteiger partial charge on any atom is -0.497 e. The standard InChI is InChI=1S/C17H19NO5S/c1-11-5-6-13(12(2)19)9-15(11)18-24(20,21)17-8-7-14(22-3)10-16(17)23-4/h5-10,18H,1-4H3. The van der Waals surface area contributed by atoms with Crippen LogP contribution in [0.25, 0.3) is 0 Å². The summed E-state index contributed by atoms with van der Waals surface area (Å²) < 4.78 is 38.1. The number of sulfonamides is 1. The maximum atomic E-state index is 12.7. The number of Topliss-reactive ketones (excluding diaryl/α,β-unsaturated/α-hetero) is 1. The van der Waals surface area contributed by atoms with Gasteiger partial charge in [0.25, 0.3) is 10.0 Å². The van der Waals surface area contributed by atoms with Gasteiger partial charge in [-0.1, -0.05) is 12.1 Å². The molecule has 0 amide bonds. The predicted octanol–water partition coefficient (Wildman–Crippen LogP) is 3.02. The van der Waals surface area contributed by atoms with Crippen LogP contribution in [0.1, 0.15) is 22.8 Å². The molecule has 0 unspecified atom stereocenters. The third-order valence-corrected chi connectivity index (χ3v) is 4.95. The van der Waals surface area contributed by atoms with E-state index in [4.69, 9.17) is 9.47 Å². The molecule has 0 heterocycles. The van der Waals surface area contributed by atoms with Crippen molar-refractivity contribution in [2.75, 3.05) is 18.9 Å². The number of benzene rings is 2. The predicted molar refractivity (Wildman–Crippen MR) is 91.5 cm³/mol. The molecule has 0 aliphatic rings. The molecule has 0 fully saturated rings. The molecule has 128 valence electrons. The van der Waals surface area contributed by atoms with Gasteiger partial charge in [-0.3, -0.25) is 9.52 Å². The number of hydrogen-bond acceptors (Lipinski definition) is 5. The van der Waals surface area contributed by atoms with Gasteiger partial charge in [0.2, 0.25) is 0 Å². The van der Waals surface area contributed by atoms with E-state index < -0.39 is 10.0 Å². The van der Waals surface area contributed by atoms with E-state index in [2.05, 4.69) is 4.72 Å². The molecule has 0 aliphatic carbocycles. The number of carbonyl (C=O) groups is 1. The zero-order valence-electron chi connectivity index (χ0n) is 13.9. The Morgan fingerprint density at radius 1 is 1.04 bits per heavy atom. The molecule has 2 aromatic rings. The van der Waals surface area contributed by atoms with Crippen molar-refractivity contribution < 1.29 is 22.7 Å². The first kappa shape index (κ1) is 17.8. The molecule has 0 bridgehead atoms. The first-order chi connectivity index (χ1) is 11.3. The van der Waals surface area contributed by atoms with Crippen molar-refractivity contribution in [1.82, 2.24) is 0 Å². The van der Waals surface area contributed by atoms with E-state index in [-0.39, 0.29) is 16.4 Å². The van der Waals surface area contributed by atoms with Gasteiger partial charge < -0.3 is 9.47 Å². The molecule has 0 spiro atoms. The van der Waals surface area contributed by atoms with Crippen LogP contribution in [0.3, 0.4) is 0 Å². The van der Waals surface area contributed by atoms with E-state index in [1.165, 1.54) is 45.4 Å². The molecule has 0 saturated heterocycles. The highest BCUT2D eigenvalue weighted by Crippen LogP contribution is 2.30. The quantitative estimate of drug-likeness (QED) is 0.811. The summed E-state index contributed by atoms with van der Waals surface area (Å²) in [7, 11) is -1.02. The van der Waals surface area contributed by atoms with Gasteiger partial charge in [-0.15, -0.1) is 0 Å². The number of methoxy groups -OCH3 is 2. The summed E-state index contributed by atoms with van der Waals surface area (Å²) >= 11 is 0. The molecule has 2 aromatic carbocycles. The largest absolute Gasteiger partial charge is 0.497 e. The summed E-state index contributed by atoms with van der Waals surface area (Å²) in [5.74, 6) is 0.514. The van der Waals surface area contributed by atoms with Crippen LogP contribution in [0, 0.1) is 6.92 Å². The van der Waals surface area contributed by atoms with Crippen molar-refractivity contribution in [3.05, 3.63) is 47.5 Å². The maximum absolute atomic E-state index is 12.7. The molecule has 0 saturated carbocycles. The normalized spacial score (nSPS) is 11.0. The van der Waals surface area contributed by atoms with Crippen LogP contribution in [0.4, 0.5) is 5.69 Å². The molecule has 2 rings (SSSR count). The second-order valence-corrected chi connectivity index (χ2v) is 6.86. The molecule has 1 N–H and O–H groups in total. The molecule has 0 aliphatic heterocycles. The van der Waals surface area contributed by atoms with Crippen LogP contribution in [0.2, 0.25) is 0 Å². The van der Waals surface area contributed by atoms with Gasteiger partial charge in [-0.2, -0.15) is 0 Å². The highest BCUT2D eigenvalue weighted by atomic mass is 32.2. The van der Waals surface area contributed by atoms with Crippen LogP contribution >= 0.6 is 0 Å². The minimum atomic E-state index is -3.89. The Kier molecular flexibility index (Phi) is 5.14.